The maximum atomic E-state index is 12.1. The molecule has 3 rings (SSSR count). The molecule has 3 heterocycles. The van der Waals surface area contributed by atoms with E-state index < -0.39 is 0 Å². The van der Waals surface area contributed by atoms with Crippen molar-refractivity contribution in [3.05, 3.63) is 21.6 Å². The zero-order valence-electron chi connectivity index (χ0n) is 11.2. The van der Waals surface area contributed by atoms with Gasteiger partial charge in [-0.05, 0) is 0 Å². The molecule has 1 N–H and O–H groups in total. The molecule has 0 unspecified atom stereocenters. The van der Waals surface area contributed by atoms with Crippen molar-refractivity contribution in [2.45, 2.75) is 19.8 Å². The van der Waals surface area contributed by atoms with Gasteiger partial charge in [0.1, 0.15) is 0 Å². The summed E-state index contributed by atoms with van der Waals surface area (Å²) in [5, 5.41) is 10.7. The fraction of sp³-hybridized carbons (Fsp3) is 0.500. The van der Waals surface area contributed by atoms with Crippen LogP contribution in [0.5, 0.6) is 0 Å². The van der Waals surface area contributed by atoms with Crippen molar-refractivity contribution >= 4 is 23.9 Å². The van der Waals surface area contributed by atoms with Crippen LogP contribution in [0.1, 0.15) is 11.3 Å². The Labute approximate surface area is 111 Å². The van der Waals surface area contributed by atoms with E-state index in [-0.39, 0.29) is 5.56 Å². The summed E-state index contributed by atoms with van der Waals surface area (Å²) >= 11 is 0. The topological polar surface area (TPSA) is 66.8 Å². The fourth-order valence-corrected chi connectivity index (χ4v) is 2.67. The Balaban J connectivity index is 2.11. The molecular weight excluding hydrogens is 241 g/mol. The van der Waals surface area contributed by atoms with E-state index in [0.717, 1.165) is 42.8 Å². The Morgan fingerprint density at radius 1 is 1.42 bits per heavy atom. The monoisotopic (exact) mass is 257 g/mol. The summed E-state index contributed by atoms with van der Waals surface area (Å²) in [7, 11) is 1.82. The summed E-state index contributed by atoms with van der Waals surface area (Å²) in [5.74, 6) is 2.15. The van der Waals surface area contributed by atoms with E-state index in [0.29, 0.717) is 5.52 Å². The van der Waals surface area contributed by atoms with Crippen molar-refractivity contribution in [2.24, 2.45) is 7.05 Å². The van der Waals surface area contributed by atoms with Gasteiger partial charge in [0, 0.05) is 0 Å². The number of H-pyrrole nitrogens is 1. The van der Waals surface area contributed by atoms with Crippen molar-refractivity contribution in [2.75, 3.05) is 13.1 Å². The third-order valence-electron chi connectivity index (χ3n) is 3.74. The second-order valence-electron chi connectivity index (χ2n) is 4.86. The summed E-state index contributed by atoms with van der Waals surface area (Å²) in [6.45, 7) is 6.79. The zero-order valence-corrected chi connectivity index (χ0v) is 11.2. The molecule has 0 atom stereocenters. The predicted molar refractivity (Wildman–Crippen MR) is 75.8 cm³/mol. The minimum absolute atomic E-state index is 0.0654. The molecule has 0 fully saturated rings. The Morgan fingerprint density at radius 2 is 2.21 bits per heavy atom. The normalized spacial score (nSPS) is 15.9. The van der Waals surface area contributed by atoms with Crippen molar-refractivity contribution < 1.29 is 0 Å². The van der Waals surface area contributed by atoms with Gasteiger partial charge in [0.05, 0.1) is 0 Å². The number of aromatic nitrogens is 4. The van der Waals surface area contributed by atoms with Gasteiger partial charge in [-0.1, -0.05) is 0 Å². The summed E-state index contributed by atoms with van der Waals surface area (Å²) in [6, 6.07) is 0. The van der Waals surface area contributed by atoms with Crippen LogP contribution in [-0.4, -0.2) is 50.9 Å². The molecule has 0 spiro atoms. The molecule has 7 heteroatoms. The summed E-state index contributed by atoms with van der Waals surface area (Å²) in [6.07, 6.45) is 0.876. The van der Waals surface area contributed by atoms with E-state index in [2.05, 4.69) is 33.2 Å². The van der Waals surface area contributed by atoms with Crippen LogP contribution in [0.25, 0.3) is 11.0 Å². The summed E-state index contributed by atoms with van der Waals surface area (Å²) in [4.78, 5) is 14.5. The molecule has 1 aliphatic rings. The van der Waals surface area contributed by atoms with Gasteiger partial charge >= 0.3 is 110 Å². The first-order valence-electron chi connectivity index (χ1n) is 6.47. The third kappa shape index (κ3) is 1.94. The Hall–Kier alpha value is -1.76. The van der Waals surface area contributed by atoms with Crippen molar-refractivity contribution in [3.8, 4) is 0 Å². The molecule has 2 aromatic heterocycles. The second kappa shape index (κ2) is 4.73. The van der Waals surface area contributed by atoms with Crippen LogP contribution in [0.3, 0.4) is 0 Å². The Kier molecular flexibility index (Phi) is 3.06. The van der Waals surface area contributed by atoms with Crippen LogP contribution in [0.2, 0.25) is 6.82 Å². The standard InChI is InChI=1S/C12H16BN5O/c1-13-4-6-18-5-3-9-8(7-18)10-11(15-16-14-10)12(19)17(9)2/h4H,3,5-7H2,1-2H3,(H,14,15,16). The zero-order chi connectivity index (χ0) is 13.4. The van der Waals surface area contributed by atoms with Crippen LogP contribution in [-0.2, 0) is 20.0 Å². The molecule has 1 aliphatic heterocycles. The molecule has 0 radical (unpaired) electrons. The number of hydrogen-bond donors (Lipinski definition) is 1. The predicted octanol–water partition coefficient (Wildman–Crippen LogP) is -0.431. The van der Waals surface area contributed by atoms with Gasteiger partial charge in [0.2, 0.25) is 0 Å². The number of nitrogens with zero attached hydrogens (tertiary/aromatic N) is 4. The van der Waals surface area contributed by atoms with E-state index in [9.17, 15) is 4.79 Å². The van der Waals surface area contributed by atoms with Gasteiger partial charge in [-0.2, -0.15) is 0 Å². The molecule has 0 aromatic carbocycles. The molecule has 19 heavy (non-hydrogen) atoms. The fourth-order valence-electron chi connectivity index (χ4n) is 2.67. The van der Waals surface area contributed by atoms with Gasteiger partial charge in [-0.15, -0.1) is 0 Å². The molecule has 6 nitrogen and oxygen atoms in total. The molecule has 0 bridgehead atoms. The second-order valence-corrected chi connectivity index (χ2v) is 4.86. The van der Waals surface area contributed by atoms with Crippen molar-refractivity contribution in [1.82, 2.24) is 24.9 Å². The van der Waals surface area contributed by atoms with Crippen LogP contribution in [0.4, 0.5) is 0 Å². The van der Waals surface area contributed by atoms with Crippen LogP contribution >= 0.6 is 0 Å². The van der Waals surface area contributed by atoms with Crippen LogP contribution < -0.4 is 5.56 Å². The first-order chi connectivity index (χ1) is 9.22. The third-order valence-corrected chi connectivity index (χ3v) is 3.74. The molecule has 0 saturated carbocycles. The summed E-state index contributed by atoms with van der Waals surface area (Å²) < 4.78 is 1.72. The number of rotatable bonds is 2. The molecule has 0 amide bonds. The number of hydrogen-bond acceptors (Lipinski definition) is 4. The van der Waals surface area contributed by atoms with E-state index >= 15 is 0 Å². The average molecular weight is 257 g/mol. The van der Waals surface area contributed by atoms with Gasteiger partial charge < -0.3 is 0 Å². The molecule has 98 valence electrons. The molecular formula is C12H16BN5O. The number of aromatic amines is 1. The minimum atomic E-state index is -0.0654. The van der Waals surface area contributed by atoms with Crippen molar-refractivity contribution in [3.63, 3.8) is 0 Å². The van der Waals surface area contributed by atoms with E-state index in [1.165, 1.54) is 0 Å². The Bertz CT molecular complexity index is 702. The summed E-state index contributed by atoms with van der Waals surface area (Å²) in [5.41, 5.74) is 3.31. The van der Waals surface area contributed by atoms with Gasteiger partial charge in [0.15, 0.2) is 0 Å². The van der Waals surface area contributed by atoms with Gasteiger partial charge in [-0.3, -0.25) is 0 Å². The first kappa shape index (κ1) is 12.3. The van der Waals surface area contributed by atoms with Gasteiger partial charge in [0.25, 0.3) is 0 Å². The Morgan fingerprint density at radius 3 is 3.00 bits per heavy atom. The van der Waals surface area contributed by atoms with E-state index in [1.54, 1.807) is 4.57 Å². The van der Waals surface area contributed by atoms with Crippen LogP contribution in [0.15, 0.2) is 4.79 Å². The SMILES string of the molecule is CB=CCN1CCc2c(c3n[nH]nc3c(=O)n2C)C1. The molecule has 2 aromatic rings. The number of pyridine rings is 1. The van der Waals surface area contributed by atoms with E-state index in [4.69, 9.17) is 0 Å². The average Bonchev–Trinajstić information content (AvgIpc) is 2.92. The van der Waals surface area contributed by atoms with Crippen molar-refractivity contribution in [1.29, 1.82) is 0 Å². The number of nitrogens with one attached hydrogen (secondary N) is 1. The van der Waals surface area contributed by atoms with Crippen LogP contribution in [0, 0.1) is 0 Å². The molecule has 0 aliphatic carbocycles. The van der Waals surface area contributed by atoms with Gasteiger partial charge in [-0.25, -0.2) is 0 Å². The maximum absolute atomic E-state index is 12.1. The number of fused-ring (bicyclic) bond motifs is 3. The van der Waals surface area contributed by atoms with E-state index in [1.807, 2.05) is 13.9 Å². The quantitative estimate of drug-likeness (QED) is 0.741. The molecule has 0 saturated heterocycles. The first-order valence-corrected chi connectivity index (χ1v) is 6.47.